The molecule has 0 atom stereocenters. The van der Waals surface area contributed by atoms with E-state index in [1.54, 1.807) is 24.9 Å². The Balaban J connectivity index is 2.64. The van der Waals surface area contributed by atoms with Crippen LogP contribution in [0.1, 0.15) is 6.92 Å². The van der Waals surface area contributed by atoms with Crippen molar-refractivity contribution in [2.24, 2.45) is 10.3 Å². The second kappa shape index (κ2) is 4.80. The van der Waals surface area contributed by atoms with Crippen LogP contribution in [0.15, 0.2) is 10.3 Å². The molecule has 0 fully saturated rings. The van der Waals surface area contributed by atoms with Crippen molar-refractivity contribution in [3.63, 3.8) is 0 Å². The quantitative estimate of drug-likeness (QED) is 0.629. The van der Waals surface area contributed by atoms with E-state index < -0.39 is 6.03 Å². The first-order chi connectivity index (χ1) is 6.29. The number of urea groups is 1. The molecule has 0 aromatic heterocycles. The van der Waals surface area contributed by atoms with Crippen molar-refractivity contribution in [1.82, 2.24) is 10.1 Å². The summed E-state index contributed by atoms with van der Waals surface area (Å²) in [4.78, 5) is 21.0. The lowest BCUT2D eigenvalue weighted by Gasteiger charge is -2.30. The molecule has 0 aromatic rings. The van der Waals surface area contributed by atoms with Crippen LogP contribution >= 0.6 is 11.8 Å². The number of nitrogens with zero attached hydrogens (tertiary/aromatic N) is 4. The fourth-order valence-electron chi connectivity index (χ4n) is 0.924. The molecule has 0 radical (unpaired) electrons. The van der Waals surface area contributed by atoms with Crippen LogP contribution in [0.4, 0.5) is 4.79 Å². The molecular weight excluding hydrogens is 192 g/mol. The van der Waals surface area contributed by atoms with Crippen molar-refractivity contribution in [3.05, 3.63) is 4.91 Å². The predicted octanol–water partition coefficient (Wildman–Crippen LogP) is 1.10. The van der Waals surface area contributed by atoms with Gasteiger partial charge in [0.25, 0.3) is 0 Å². The van der Waals surface area contributed by atoms with E-state index in [4.69, 9.17) is 0 Å². The number of rotatable bonds is 2. The van der Waals surface area contributed by atoms with E-state index in [2.05, 4.69) is 10.3 Å². The molecule has 1 aliphatic heterocycles. The van der Waals surface area contributed by atoms with Gasteiger partial charge in [0.2, 0.25) is 0 Å². The standard InChI is InChI=1S/C6H10N4O2S/c1-2-9(6(11)8-12)10-5-13-4-3-7-10/h3H,2,4-5H2,1H3. The van der Waals surface area contributed by atoms with Crippen molar-refractivity contribution in [2.45, 2.75) is 6.92 Å². The number of hydrogen-bond acceptors (Lipinski definition) is 5. The highest BCUT2D eigenvalue weighted by atomic mass is 32.2. The summed E-state index contributed by atoms with van der Waals surface area (Å²) in [5.41, 5.74) is 0. The molecule has 0 saturated carbocycles. The van der Waals surface area contributed by atoms with Gasteiger partial charge in [0, 0.05) is 23.7 Å². The molecule has 0 saturated heterocycles. The zero-order valence-corrected chi connectivity index (χ0v) is 8.03. The number of thioether (sulfide) groups is 1. The summed E-state index contributed by atoms with van der Waals surface area (Å²) in [6.07, 6.45) is 1.69. The number of nitroso groups, excluding NO2 is 1. The highest BCUT2D eigenvalue weighted by molar-refractivity contribution is 7.99. The van der Waals surface area contributed by atoms with E-state index in [-0.39, 0.29) is 0 Å². The van der Waals surface area contributed by atoms with E-state index in [1.165, 1.54) is 10.1 Å². The summed E-state index contributed by atoms with van der Waals surface area (Å²) in [6.45, 7) is 2.15. The van der Waals surface area contributed by atoms with Crippen LogP contribution in [0.25, 0.3) is 0 Å². The third kappa shape index (κ3) is 2.41. The molecule has 0 unspecified atom stereocenters. The highest BCUT2D eigenvalue weighted by Gasteiger charge is 2.19. The van der Waals surface area contributed by atoms with Crippen molar-refractivity contribution in [2.75, 3.05) is 18.2 Å². The Morgan fingerprint density at radius 3 is 3.08 bits per heavy atom. The highest BCUT2D eigenvalue weighted by Crippen LogP contribution is 2.12. The van der Waals surface area contributed by atoms with Gasteiger partial charge < -0.3 is 0 Å². The molecule has 0 spiro atoms. The maximum absolute atomic E-state index is 11.0. The van der Waals surface area contributed by atoms with Crippen molar-refractivity contribution >= 4 is 24.0 Å². The van der Waals surface area contributed by atoms with Gasteiger partial charge in [-0.15, -0.1) is 16.7 Å². The first-order valence-corrected chi connectivity index (χ1v) is 4.97. The molecule has 72 valence electrons. The third-order valence-electron chi connectivity index (χ3n) is 1.49. The number of hydrogen-bond donors (Lipinski definition) is 0. The molecule has 0 aliphatic carbocycles. The van der Waals surface area contributed by atoms with Gasteiger partial charge in [-0.2, -0.15) is 10.2 Å². The van der Waals surface area contributed by atoms with E-state index in [0.717, 1.165) is 5.75 Å². The summed E-state index contributed by atoms with van der Waals surface area (Å²) in [5, 5.41) is 8.96. The second-order valence-corrected chi connectivity index (χ2v) is 3.26. The first kappa shape index (κ1) is 9.97. The van der Waals surface area contributed by atoms with Gasteiger partial charge in [-0.05, 0) is 6.92 Å². The Bertz CT molecular complexity index is 233. The average molecular weight is 202 g/mol. The molecule has 7 heteroatoms. The van der Waals surface area contributed by atoms with Crippen LogP contribution in [0.2, 0.25) is 0 Å². The van der Waals surface area contributed by atoms with Gasteiger partial charge >= 0.3 is 6.03 Å². The minimum absolute atomic E-state index is 0.391. The molecular formula is C6H10N4O2S. The number of carbonyl (C=O) groups is 1. The van der Waals surface area contributed by atoms with Gasteiger partial charge in [-0.3, -0.25) is 0 Å². The van der Waals surface area contributed by atoms with Crippen LogP contribution in [-0.4, -0.2) is 40.5 Å². The van der Waals surface area contributed by atoms with E-state index in [1.807, 2.05) is 0 Å². The lowest BCUT2D eigenvalue weighted by molar-refractivity contribution is 0.0441. The van der Waals surface area contributed by atoms with Crippen molar-refractivity contribution in [1.29, 1.82) is 0 Å². The van der Waals surface area contributed by atoms with E-state index >= 15 is 0 Å². The predicted molar refractivity (Wildman–Crippen MR) is 51.2 cm³/mol. The summed E-state index contributed by atoms with van der Waals surface area (Å²) < 4.78 is 0. The Morgan fingerprint density at radius 1 is 1.85 bits per heavy atom. The fraction of sp³-hybridized carbons (Fsp3) is 0.667. The molecule has 0 bridgehead atoms. The monoisotopic (exact) mass is 202 g/mol. The van der Waals surface area contributed by atoms with Crippen LogP contribution in [0.3, 0.4) is 0 Å². The Kier molecular flexibility index (Phi) is 3.69. The van der Waals surface area contributed by atoms with Crippen molar-refractivity contribution in [3.8, 4) is 0 Å². The molecule has 6 nitrogen and oxygen atoms in total. The number of carbonyl (C=O) groups excluding carboxylic acids is 1. The largest absolute Gasteiger partial charge is 0.400 e. The summed E-state index contributed by atoms with van der Waals surface area (Å²) in [5.74, 6) is 1.41. The first-order valence-electron chi connectivity index (χ1n) is 3.82. The van der Waals surface area contributed by atoms with Gasteiger partial charge in [-0.1, -0.05) is 0 Å². The molecule has 1 aliphatic rings. The minimum atomic E-state index is -0.804. The smallest absolute Gasteiger partial charge is 0.241 e. The van der Waals surface area contributed by atoms with Gasteiger partial charge in [0.15, 0.2) is 0 Å². The SMILES string of the molecule is CCN(C(=O)N=O)N1CSCC=N1. The molecule has 0 aromatic carbocycles. The topological polar surface area (TPSA) is 65.3 Å². The molecule has 13 heavy (non-hydrogen) atoms. The second-order valence-electron chi connectivity index (χ2n) is 2.26. The summed E-state index contributed by atoms with van der Waals surface area (Å²) >= 11 is 1.61. The Labute approximate surface area is 79.9 Å². The normalized spacial score (nSPS) is 15.6. The third-order valence-corrected chi connectivity index (χ3v) is 2.29. The lowest BCUT2D eigenvalue weighted by atomic mass is 10.7. The maximum Gasteiger partial charge on any atom is 0.400 e. The summed E-state index contributed by atoms with van der Waals surface area (Å²) in [6, 6.07) is -0.804. The van der Waals surface area contributed by atoms with Crippen LogP contribution in [-0.2, 0) is 0 Å². The Morgan fingerprint density at radius 2 is 2.62 bits per heavy atom. The maximum atomic E-state index is 11.0. The van der Waals surface area contributed by atoms with Gasteiger partial charge in [0.1, 0.15) is 5.88 Å². The van der Waals surface area contributed by atoms with Crippen LogP contribution < -0.4 is 0 Å². The minimum Gasteiger partial charge on any atom is -0.241 e. The number of hydrazone groups is 1. The fourth-order valence-corrected chi connectivity index (χ4v) is 1.57. The van der Waals surface area contributed by atoms with E-state index in [0.29, 0.717) is 12.4 Å². The number of hydrazine groups is 1. The van der Waals surface area contributed by atoms with E-state index in [9.17, 15) is 9.70 Å². The number of amides is 2. The Hall–Kier alpha value is -1.11. The molecule has 2 amide bonds. The van der Waals surface area contributed by atoms with Crippen LogP contribution in [0, 0.1) is 4.91 Å². The lowest BCUT2D eigenvalue weighted by Crippen LogP contribution is -2.42. The van der Waals surface area contributed by atoms with Gasteiger partial charge in [0.05, 0.1) is 0 Å². The average Bonchev–Trinajstić information content (AvgIpc) is 2.20. The van der Waals surface area contributed by atoms with Gasteiger partial charge in [-0.25, -0.2) is 9.80 Å². The molecule has 1 rings (SSSR count). The molecule has 1 heterocycles. The summed E-state index contributed by atoms with van der Waals surface area (Å²) in [7, 11) is 0. The van der Waals surface area contributed by atoms with Crippen LogP contribution in [0.5, 0.6) is 0 Å². The van der Waals surface area contributed by atoms with Crippen molar-refractivity contribution < 1.29 is 4.79 Å². The molecule has 0 N–H and O–H groups in total. The zero-order valence-electron chi connectivity index (χ0n) is 7.21. The zero-order chi connectivity index (χ0) is 9.68.